The van der Waals surface area contributed by atoms with Crippen molar-refractivity contribution in [1.82, 2.24) is 0 Å². The summed E-state index contributed by atoms with van der Waals surface area (Å²) >= 11 is 12.7. The van der Waals surface area contributed by atoms with Gasteiger partial charge >= 0.3 is 11.9 Å². The van der Waals surface area contributed by atoms with Gasteiger partial charge in [-0.05, 0) is 38.1 Å². The van der Waals surface area contributed by atoms with Gasteiger partial charge in [-0.3, -0.25) is 0 Å². The van der Waals surface area contributed by atoms with Gasteiger partial charge in [0.2, 0.25) is 0 Å². The predicted molar refractivity (Wildman–Crippen MR) is 116 cm³/mol. The Hall–Kier alpha value is -2.70. The van der Waals surface area contributed by atoms with Crippen LogP contribution >= 0.6 is 23.2 Å². The van der Waals surface area contributed by atoms with Crippen LogP contribution in [0.1, 0.15) is 13.8 Å². The van der Waals surface area contributed by atoms with Crippen molar-refractivity contribution in [2.45, 2.75) is 13.8 Å². The number of hydrogen-bond acceptors (Lipinski definition) is 6. The minimum atomic E-state index is -0.504. The molecule has 0 aliphatic rings. The van der Waals surface area contributed by atoms with Gasteiger partial charge in [0.25, 0.3) is 0 Å². The van der Waals surface area contributed by atoms with Crippen molar-refractivity contribution in [1.29, 1.82) is 0 Å². The van der Waals surface area contributed by atoms with Crippen LogP contribution < -0.4 is 9.47 Å². The highest BCUT2D eigenvalue weighted by atomic mass is 35.5. The van der Waals surface area contributed by atoms with E-state index >= 15 is 0 Å². The molecule has 0 saturated carbocycles. The van der Waals surface area contributed by atoms with Gasteiger partial charge in [0.1, 0.15) is 11.5 Å². The van der Waals surface area contributed by atoms with Crippen molar-refractivity contribution in [3.8, 4) is 11.5 Å². The Morgan fingerprint density at radius 1 is 0.800 bits per heavy atom. The molecule has 0 aliphatic heterocycles. The molecule has 0 spiro atoms. The SMILES string of the molecule is CCOC(=O)COc1c2ccc(Cl)cc2c(OCC(=O)OCC)c2c(Cl)cccc12. The molecular weight excluding hydrogens is 431 g/mol. The second-order valence-corrected chi connectivity index (χ2v) is 7.04. The van der Waals surface area contributed by atoms with Crippen LogP contribution in [-0.4, -0.2) is 38.4 Å². The highest BCUT2D eigenvalue weighted by molar-refractivity contribution is 6.37. The van der Waals surface area contributed by atoms with Crippen molar-refractivity contribution in [2.24, 2.45) is 0 Å². The fourth-order valence-electron chi connectivity index (χ4n) is 3.10. The molecular formula is C22H20Cl2O6. The summed E-state index contributed by atoms with van der Waals surface area (Å²) in [7, 11) is 0. The average molecular weight is 451 g/mol. The van der Waals surface area contributed by atoms with E-state index < -0.39 is 11.9 Å². The lowest BCUT2D eigenvalue weighted by molar-refractivity contribution is -0.146. The molecule has 3 rings (SSSR count). The number of halogens is 2. The first-order valence-corrected chi connectivity index (χ1v) is 10.1. The second kappa shape index (κ2) is 9.87. The highest BCUT2D eigenvalue weighted by Crippen LogP contribution is 2.46. The van der Waals surface area contributed by atoms with E-state index in [1.165, 1.54) is 0 Å². The van der Waals surface area contributed by atoms with Crippen LogP contribution in [0.3, 0.4) is 0 Å². The third-order valence-corrected chi connectivity index (χ3v) is 4.79. The van der Waals surface area contributed by atoms with Crippen LogP contribution in [0.5, 0.6) is 11.5 Å². The van der Waals surface area contributed by atoms with E-state index in [9.17, 15) is 9.59 Å². The Morgan fingerprint density at radius 3 is 2.07 bits per heavy atom. The molecule has 0 atom stereocenters. The van der Waals surface area contributed by atoms with Crippen molar-refractivity contribution >= 4 is 56.7 Å². The molecule has 0 N–H and O–H groups in total. The maximum atomic E-state index is 11.9. The zero-order valence-electron chi connectivity index (χ0n) is 16.5. The molecule has 0 bridgehead atoms. The topological polar surface area (TPSA) is 71.1 Å². The number of ether oxygens (including phenoxy) is 4. The molecule has 0 heterocycles. The van der Waals surface area contributed by atoms with Gasteiger partial charge in [0, 0.05) is 26.6 Å². The summed E-state index contributed by atoms with van der Waals surface area (Å²) in [6.45, 7) is 3.38. The molecule has 158 valence electrons. The van der Waals surface area contributed by atoms with E-state index in [0.717, 1.165) is 0 Å². The van der Waals surface area contributed by atoms with E-state index in [2.05, 4.69) is 0 Å². The van der Waals surface area contributed by atoms with Crippen LogP contribution in [-0.2, 0) is 19.1 Å². The molecule has 3 aromatic carbocycles. The lowest BCUT2D eigenvalue weighted by Crippen LogP contribution is -2.16. The van der Waals surface area contributed by atoms with Crippen LogP contribution in [0, 0.1) is 0 Å². The molecule has 0 fully saturated rings. The summed E-state index contributed by atoms with van der Waals surface area (Å²) < 4.78 is 21.6. The van der Waals surface area contributed by atoms with Crippen LogP contribution in [0.15, 0.2) is 36.4 Å². The highest BCUT2D eigenvalue weighted by Gasteiger charge is 2.20. The fraction of sp³-hybridized carbons (Fsp3) is 0.273. The molecule has 0 unspecified atom stereocenters. The predicted octanol–water partition coefficient (Wildman–Crippen LogP) is 5.18. The molecule has 8 heteroatoms. The number of fused-ring (bicyclic) bond motifs is 2. The summed E-state index contributed by atoms with van der Waals surface area (Å²) in [4.78, 5) is 23.7. The quantitative estimate of drug-likeness (QED) is 0.347. The Kier molecular flexibility index (Phi) is 7.24. The van der Waals surface area contributed by atoms with E-state index in [0.29, 0.717) is 43.1 Å². The van der Waals surface area contributed by atoms with E-state index in [1.54, 1.807) is 50.2 Å². The molecule has 0 amide bonds. The first-order chi connectivity index (χ1) is 14.5. The summed E-state index contributed by atoms with van der Waals surface area (Å²) in [5, 5.41) is 3.27. The summed E-state index contributed by atoms with van der Waals surface area (Å²) in [5.41, 5.74) is 0. The Balaban J connectivity index is 2.19. The van der Waals surface area contributed by atoms with Crippen molar-refractivity contribution in [2.75, 3.05) is 26.4 Å². The molecule has 0 saturated heterocycles. The van der Waals surface area contributed by atoms with Crippen LogP contribution in [0.2, 0.25) is 10.0 Å². The van der Waals surface area contributed by atoms with Gasteiger partial charge in [-0.1, -0.05) is 35.3 Å². The second-order valence-electron chi connectivity index (χ2n) is 6.20. The van der Waals surface area contributed by atoms with Crippen LogP contribution in [0.4, 0.5) is 0 Å². The smallest absolute Gasteiger partial charge is 0.344 e. The van der Waals surface area contributed by atoms with Crippen LogP contribution in [0.25, 0.3) is 21.5 Å². The minimum absolute atomic E-state index is 0.247. The number of carbonyl (C=O) groups excluding carboxylic acids is 2. The van der Waals surface area contributed by atoms with Gasteiger partial charge in [-0.15, -0.1) is 0 Å². The van der Waals surface area contributed by atoms with E-state index in [-0.39, 0.29) is 26.4 Å². The third kappa shape index (κ3) is 4.71. The van der Waals surface area contributed by atoms with Gasteiger partial charge in [0.05, 0.1) is 18.2 Å². The zero-order valence-corrected chi connectivity index (χ0v) is 18.0. The zero-order chi connectivity index (χ0) is 21.7. The summed E-state index contributed by atoms with van der Waals surface area (Å²) in [6.07, 6.45) is 0. The molecule has 0 aliphatic carbocycles. The monoisotopic (exact) mass is 450 g/mol. The van der Waals surface area contributed by atoms with Gasteiger partial charge < -0.3 is 18.9 Å². The lowest BCUT2D eigenvalue weighted by Gasteiger charge is -2.18. The van der Waals surface area contributed by atoms with Gasteiger partial charge in [-0.25, -0.2) is 9.59 Å². The van der Waals surface area contributed by atoms with Crippen molar-refractivity contribution < 1.29 is 28.5 Å². The minimum Gasteiger partial charge on any atom is -0.481 e. The van der Waals surface area contributed by atoms with E-state index in [1.807, 2.05) is 0 Å². The molecule has 0 aromatic heterocycles. The number of benzene rings is 3. The number of rotatable bonds is 8. The lowest BCUT2D eigenvalue weighted by atomic mass is 10.0. The first-order valence-electron chi connectivity index (χ1n) is 9.36. The molecule has 6 nitrogen and oxygen atoms in total. The summed E-state index contributed by atoms with van der Waals surface area (Å²) in [5.74, 6) is -0.173. The number of hydrogen-bond donors (Lipinski definition) is 0. The number of esters is 2. The fourth-order valence-corrected chi connectivity index (χ4v) is 3.53. The van der Waals surface area contributed by atoms with Crippen molar-refractivity contribution in [3.63, 3.8) is 0 Å². The van der Waals surface area contributed by atoms with Crippen molar-refractivity contribution in [3.05, 3.63) is 46.4 Å². The standard InChI is InChI=1S/C22H20Cl2O6/c1-3-27-18(25)11-29-21-14-9-8-13(23)10-16(14)22(30-12-19(26)28-4-2)20-15(21)6-5-7-17(20)24/h5-10H,3-4,11-12H2,1-2H3. The Morgan fingerprint density at radius 2 is 1.43 bits per heavy atom. The molecule has 3 aromatic rings. The number of carbonyl (C=O) groups is 2. The average Bonchev–Trinajstić information content (AvgIpc) is 2.71. The largest absolute Gasteiger partial charge is 0.481 e. The first kappa shape index (κ1) is 22.0. The maximum Gasteiger partial charge on any atom is 0.344 e. The van der Waals surface area contributed by atoms with E-state index in [4.69, 9.17) is 42.1 Å². The third-order valence-electron chi connectivity index (χ3n) is 4.24. The Labute approximate surface area is 183 Å². The molecule has 0 radical (unpaired) electrons. The normalized spacial score (nSPS) is 10.8. The summed E-state index contributed by atoms with van der Waals surface area (Å²) in [6, 6.07) is 10.4. The van der Waals surface area contributed by atoms with Gasteiger partial charge in [-0.2, -0.15) is 0 Å². The Bertz CT molecular complexity index is 1100. The van der Waals surface area contributed by atoms with Gasteiger partial charge in [0.15, 0.2) is 13.2 Å². The molecule has 30 heavy (non-hydrogen) atoms. The maximum absolute atomic E-state index is 11.9.